The van der Waals surface area contributed by atoms with Gasteiger partial charge in [0.1, 0.15) is 12.1 Å². The number of rotatable bonds is 1. The highest BCUT2D eigenvalue weighted by molar-refractivity contribution is 5.73. The van der Waals surface area contributed by atoms with Gasteiger partial charge in [0.05, 0.1) is 0 Å². The van der Waals surface area contributed by atoms with Crippen LogP contribution in [-0.4, -0.2) is 18.2 Å². The second-order valence-corrected chi connectivity index (χ2v) is 4.31. The molecule has 0 radical (unpaired) electrons. The molecule has 74 valence electrons. The summed E-state index contributed by atoms with van der Waals surface area (Å²) in [6.45, 7) is 2.99. The summed E-state index contributed by atoms with van der Waals surface area (Å²) in [4.78, 5) is 4.42. The van der Waals surface area contributed by atoms with E-state index in [1.165, 1.54) is 19.3 Å². The number of hydrogen-bond acceptors (Lipinski definition) is 3. The highest BCUT2D eigenvalue weighted by Crippen LogP contribution is 2.38. The summed E-state index contributed by atoms with van der Waals surface area (Å²) in [5.41, 5.74) is 5.60. The normalized spacial score (nSPS) is 38.8. The van der Waals surface area contributed by atoms with Crippen molar-refractivity contribution in [2.75, 3.05) is 6.61 Å². The fraction of sp³-hybridized carbons (Fsp3) is 0.900. The average molecular weight is 182 g/mol. The van der Waals surface area contributed by atoms with E-state index in [1.54, 1.807) is 0 Å². The summed E-state index contributed by atoms with van der Waals surface area (Å²) < 4.78 is 5.24. The SMILES string of the molecule is CCC1CCC2(CC1)COC(N)=N2. The van der Waals surface area contributed by atoms with Gasteiger partial charge in [0.25, 0.3) is 6.02 Å². The lowest BCUT2D eigenvalue weighted by Crippen LogP contribution is -2.33. The smallest absolute Gasteiger partial charge is 0.282 e. The van der Waals surface area contributed by atoms with Gasteiger partial charge in [-0.2, -0.15) is 0 Å². The molecule has 13 heavy (non-hydrogen) atoms. The molecule has 0 bridgehead atoms. The Morgan fingerprint density at radius 2 is 2.23 bits per heavy atom. The Kier molecular flexibility index (Phi) is 2.18. The van der Waals surface area contributed by atoms with E-state index in [0.717, 1.165) is 25.4 Å². The van der Waals surface area contributed by atoms with Crippen molar-refractivity contribution < 1.29 is 4.74 Å². The van der Waals surface area contributed by atoms with Crippen molar-refractivity contribution in [3.05, 3.63) is 0 Å². The van der Waals surface area contributed by atoms with Crippen LogP contribution < -0.4 is 5.73 Å². The summed E-state index contributed by atoms with van der Waals surface area (Å²) in [5, 5.41) is 0. The van der Waals surface area contributed by atoms with Gasteiger partial charge in [-0.15, -0.1) is 0 Å². The lowest BCUT2D eigenvalue weighted by molar-refractivity contribution is 0.176. The van der Waals surface area contributed by atoms with E-state index in [0.29, 0.717) is 6.02 Å². The zero-order chi connectivity index (χ0) is 9.31. The van der Waals surface area contributed by atoms with Crippen molar-refractivity contribution in [1.29, 1.82) is 0 Å². The van der Waals surface area contributed by atoms with Gasteiger partial charge in [0.2, 0.25) is 0 Å². The van der Waals surface area contributed by atoms with Gasteiger partial charge >= 0.3 is 0 Å². The summed E-state index contributed by atoms with van der Waals surface area (Å²) >= 11 is 0. The Morgan fingerprint density at radius 3 is 2.69 bits per heavy atom. The third-order valence-corrected chi connectivity index (χ3v) is 3.45. The molecule has 1 aliphatic heterocycles. The first kappa shape index (κ1) is 8.85. The number of ether oxygens (including phenoxy) is 1. The van der Waals surface area contributed by atoms with Crippen LogP contribution in [0, 0.1) is 5.92 Å². The molecule has 0 saturated heterocycles. The van der Waals surface area contributed by atoms with Crippen LogP contribution in [0.5, 0.6) is 0 Å². The lowest BCUT2D eigenvalue weighted by Gasteiger charge is -2.32. The zero-order valence-electron chi connectivity index (χ0n) is 8.25. The van der Waals surface area contributed by atoms with Crippen LogP contribution in [0.3, 0.4) is 0 Å². The van der Waals surface area contributed by atoms with Crippen LogP contribution in [0.2, 0.25) is 0 Å². The van der Waals surface area contributed by atoms with E-state index in [2.05, 4.69) is 11.9 Å². The van der Waals surface area contributed by atoms with E-state index in [4.69, 9.17) is 10.5 Å². The molecule has 2 rings (SSSR count). The maximum Gasteiger partial charge on any atom is 0.282 e. The molecule has 0 amide bonds. The average Bonchev–Trinajstić information content (AvgIpc) is 2.49. The van der Waals surface area contributed by atoms with E-state index < -0.39 is 0 Å². The third kappa shape index (κ3) is 1.64. The van der Waals surface area contributed by atoms with Gasteiger partial charge in [0.15, 0.2) is 0 Å². The number of nitrogens with two attached hydrogens (primary N) is 1. The second kappa shape index (κ2) is 3.20. The van der Waals surface area contributed by atoms with Gasteiger partial charge in [-0.3, -0.25) is 0 Å². The maximum atomic E-state index is 5.54. The maximum absolute atomic E-state index is 5.54. The fourth-order valence-electron chi connectivity index (χ4n) is 2.39. The molecule has 3 nitrogen and oxygen atoms in total. The molecule has 2 N–H and O–H groups in total. The number of nitrogens with zero attached hydrogens (tertiary/aromatic N) is 1. The first-order valence-corrected chi connectivity index (χ1v) is 5.22. The second-order valence-electron chi connectivity index (χ2n) is 4.31. The van der Waals surface area contributed by atoms with Crippen LogP contribution in [-0.2, 0) is 4.74 Å². The van der Waals surface area contributed by atoms with Crippen LogP contribution in [0.25, 0.3) is 0 Å². The number of aliphatic imine (C=N–C) groups is 1. The van der Waals surface area contributed by atoms with Crippen molar-refractivity contribution >= 4 is 6.02 Å². The van der Waals surface area contributed by atoms with Crippen molar-refractivity contribution in [1.82, 2.24) is 0 Å². The van der Waals surface area contributed by atoms with E-state index in [9.17, 15) is 0 Å². The minimum Gasteiger partial charge on any atom is -0.463 e. The Balaban J connectivity index is 1.97. The predicted molar refractivity (Wildman–Crippen MR) is 52.6 cm³/mol. The Bertz CT molecular complexity index is 217. The molecule has 0 aromatic rings. The quantitative estimate of drug-likeness (QED) is 0.670. The summed E-state index contributed by atoms with van der Waals surface area (Å²) in [6, 6.07) is 0.398. The summed E-state index contributed by atoms with van der Waals surface area (Å²) in [6.07, 6.45) is 6.20. The van der Waals surface area contributed by atoms with E-state index in [-0.39, 0.29) is 5.54 Å². The van der Waals surface area contributed by atoms with Gasteiger partial charge in [-0.05, 0) is 31.6 Å². The van der Waals surface area contributed by atoms with Crippen LogP contribution in [0.15, 0.2) is 4.99 Å². The molecule has 1 spiro atoms. The standard InChI is InChI=1S/C10H18N2O/c1-2-8-3-5-10(6-4-8)7-13-9(11)12-10/h8H,2-7H2,1H3,(H2,11,12). The van der Waals surface area contributed by atoms with E-state index in [1.807, 2.05) is 0 Å². The van der Waals surface area contributed by atoms with Crippen molar-refractivity contribution in [3.8, 4) is 0 Å². The van der Waals surface area contributed by atoms with Crippen LogP contribution in [0.1, 0.15) is 39.0 Å². The van der Waals surface area contributed by atoms with Gasteiger partial charge in [-0.1, -0.05) is 13.3 Å². The van der Waals surface area contributed by atoms with Crippen molar-refractivity contribution in [2.24, 2.45) is 16.6 Å². The monoisotopic (exact) mass is 182 g/mol. The molecule has 0 aromatic carbocycles. The molecule has 0 atom stereocenters. The first-order valence-electron chi connectivity index (χ1n) is 5.22. The topological polar surface area (TPSA) is 47.6 Å². The Labute approximate surface area is 79.4 Å². The molecule has 1 heterocycles. The molecule has 0 aromatic heterocycles. The lowest BCUT2D eigenvalue weighted by atomic mass is 9.76. The zero-order valence-corrected chi connectivity index (χ0v) is 8.25. The Morgan fingerprint density at radius 1 is 1.54 bits per heavy atom. The van der Waals surface area contributed by atoms with Crippen LogP contribution in [0.4, 0.5) is 0 Å². The Hall–Kier alpha value is -0.730. The van der Waals surface area contributed by atoms with Crippen LogP contribution >= 0.6 is 0 Å². The molecule has 0 unspecified atom stereocenters. The molecular formula is C10H18N2O. The largest absolute Gasteiger partial charge is 0.463 e. The summed E-state index contributed by atoms with van der Waals surface area (Å²) in [5.74, 6) is 0.905. The highest BCUT2D eigenvalue weighted by atomic mass is 16.5. The molecule has 1 aliphatic carbocycles. The highest BCUT2D eigenvalue weighted by Gasteiger charge is 2.39. The minimum atomic E-state index is 0.0652. The number of hydrogen-bond donors (Lipinski definition) is 1. The first-order chi connectivity index (χ1) is 6.24. The van der Waals surface area contributed by atoms with E-state index >= 15 is 0 Å². The predicted octanol–water partition coefficient (Wildman–Crippen LogP) is 1.67. The summed E-state index contributed by atoms with van der Waals surface area (Å²) in [7, 11) is 0. The molecule has 1 saturated carbocycles. The molecule has 1 fully saturated rings. The van der Waals surface area contributed by atoms with Gasteiger partial charge in [0, 0.05) is 0 Å². The fourth-order valence-corrected chi connectivity index (χ4v) is 2.39. The molecule has 2 aliphatic rings. The van der Waals surface area contributed by atoms with Gasteiger partial charge < -0.3 is 10.5 Å². The van der Waals surface area contributed by atoms with Crippen molar-refractivity contribution in [3.63, 3.8) is 0 Å². The van der Waals surface area contributed by atoms with Gasteiger partial charge in [-0.25, -0.2) is 4.99 Å². The minimum absolute atomic E-state index is 0.0652. The third-order valence-electron chi connectivity index (χ3n) is 3.45. The molecule has 3 heteroatoms. The molecular weight excluding hydrogens is 164 g/mol. The number of amidine groups is 1. The van der Waals surface area contributed by atoms with Crippen molar-refractivity contribution in [2.45, 2.75) is 44.6 Å².